The first kappa shape index (κ1) is 22.4. The minimum Gasteiger partial charge on any atom is -0.339 e. The number of hydrogen-bond donors (Lipinski definition) is 2. The lowest BCUT2D eigenvalue weighted by atomic mass is 9.88. The molecule has 1 aliphatic rings. The van der Waals surface area contributed by atoms with Gasteiger partial charge in [-0.1, -0.05) is 18.2 Å². The van der Waals surface area contributed by atoms with E-state index in [4.69, 9.17) is 5.26 Å². The average Bonchev–Trinajstić information content (AvgIpc) is 2.73. The molecule has 3 amide bonds. The van der Waals surface area contributed by atoms with E-state index in [0.717, 1.165) is 18.4 Å². The number of carbonyl (C=O) groups excluding carboxylic acids is 2. The monoisotopic (exact) mass is 418 g/mol. The Morgan fingerprint density at radius 2 is 1.71 bits per heavy atom. The lowest BCUT2D eigenvalue weighted by molar-refractivity contribution is 0.0712. The van der Waals surface area contributed by atoms with Gasteiger partial charge in [-0.25, -0.2) is 4.79 Å². The molecule has 0 radical (unpaired) electrons. The van der Waals surface area contributed by atoms with Crippen molar-refractivity contribution in [2.75, 3.05) is 18.4 Å². The van der Waals surface area contributed by atoms with Gasteiger partial charge in [0, 0.05) is 29.9 Å². The van der Waals surface area contributed by atoms with Crippen LogP contribution in [0.5, 0.6) is 0 Å². The molecule has 1 heterocycles. The first-order valence-electron chi connectivity index (χ1n) is 10.7. The lowest BCUT2D eigenvalue weighted by Gasteiger charge is -2.32. The SMILES string of the molecule is Cc1ccc(NC(=O)NC(C)(C)C)cc1C(=O)N1CCC(c2ccc(C#N)cc2)CC1. The van der Waals surface area contributed by atoms with Crippen molar-refractivity contribution < 1.29 is 9.59 Å². The highest BCUT2D eigenvalue weighted by Crippen LogP contribution is 2.29. The van der Waals surface area contributed by atoms with Gasteiger partial charge in [-0.05, 0) is 81.8 Å². The number of anilines is 1. The Kier molecular flexibility index (Phi) is 6.65. The number of benzene rings is 2. The molecular formula is C25H30N4O2. The van der Waals surface area contributed by atoms with Gasteiger partial charge in [-0.2, -0.15) is 5.26 Å². The van der Waals surface area contributed by atoms with Gasteiger partial charge in [0.15, 0.2) is 0 Å². The molecule has 0 unspecified atom stereocenters. The van der Waals surface area contributed by atoms with E-state index in [0.29, 0.717) is 35.8 Å². The van der Waals surface area contributed by atoms with E-state index in [1.54, 1.807) is 6.07 Å². The summed E-state index contributed by atoms with van der Waals surface area (Å²) in [6.07, 6.45) is 1.78. The van der Waals surface area contributed by atoms with Gasteiger partial charge >= 0.3 is 6.03 Å². The Hall–Kier alpha value is -3.33. The van der Waals surface area contributed by atoms with Crippen molar-refractivity contribution in [3.8, 4) is 6.07 Å². The number of carbonyl (C=O) groups is 2. The van der Waals surface area contributed by atoms with Crippen LogP contribution >= 0.6 is 0 Å². The van der Waals surface area contributed by atoms with Gasteiger partial charge < -0.3 is 15.5 Å². The predicted molar refractivity (Wildman–Crippen MR) is 122 cm³/mol. The Morgan fingerprint density at radius 1 is 1.06 bits per heavy atom. The van der Waals surface area contributed by atoms with E-state index in [2.05, 4.69) is 16.7 Å². The summed E-state index contributed by atoms with van der Waals surface area (Å²) < 4.78 is 0. The number of piperidine rings is 1. The zero-order valence-electron chi connectivity index (χ0n) is 18.7. The number of nitrogens with zero attached hydrogens (tertiary/aromatic N) is 2. The standard InChI is InChI=1S/C25H30N4O2/c1-17-5-10-21(27-24(31)28-25(2,3)4)15-22(17)23(30)29-13-11-20(12-14-29)19-8-6-18(16-26)7-9-19/h5-10,15,20H,11-14H2,1-4H3,(H2,27,28,31). The third-order valence-corrected chi connectivity index (χ3v) is 5.51. The largest absolute Gasteiger partial charge is 0.339 e. The zero-order chi connectivity index (χ0) is 22.6. The molecule has 0 atom stereocenters. The van der Waals surface area contributed by atoms with E-state index < -0.39 is 0 Å². The molecule has 31 heavy (non-hydrogen) atoms. The molecule has 0 saturated carbocycles. The third kappa shape index (κ3) is 5.85. The number of amides is 3. The van der Waals surface area contributed by atoms with Crippen LogP contribution in [-0.2, 0) is 0 Å². The number of rotatable bonds is 3. The van der Waals surface area contributed by atoms with Crippen molar-refractivity contribution in [1.82, 2.24) is 10.2 Å². The number of aryl methyl sites for hydroxylation is 1. The van der Waals surface area contributed by atoms with Crippen LogP contribution in [0, 0.1) is 18.3 Å². The van der Waals surface area contributed by atoms with Crippen LogP contribution in [0.4, 0.5) is 10.5 Å². The molecule has 0 aromatic heterocycles. The number of nitriles is 1. The summed E-state index contributed by atoms with van der Waals surface area (Å²) in [5, 5.41) is 14.6. The number of likely N-dealkylation sites (tertiary alicyclic amines) is 1. The Bertz CT molecular complexity index is 992. The number of hydrogen-bond acceptors (Lipinski definition) is 3. The number of urea groups is 1. The van der Waals surface area contributed by atoms with Crippen molar-refractivity contribution in [3.05, 3.63) is 64.7 Å². The fraction of sp³-hybridized carbons (Fsp3) is 0.400. The first-order chi connectivity index (χ1) is 14.7. The van der Waals surface area contributed by atoms with Crippen LogP contribution in [0.15, 0.2) is 42.5 Å². The summed E-state index contributed by atoms with van der Waals surface area (Å²) >= 11 is 0. The Balaban J connectivity index is 1.65. The molecule has 3 rings (SSSR count). The lowest BCUT2D eigenvalue weighted by Crippen LogP contribution is -2.43. The van der Waals surface area contributed by atoms with Gasteiger partial charge in [-0.15, -0.1) is 0 Å². The molecule has 0 aliphatic carbocycles. The third-order valence-electron chi connectivity index (χ3n) is 5.51. The maximum absolute atomic E-state index is 13.2. The Morgan fingerprint density at radius 3 is 2.29 bits per heavy atom. The second kappa shape index (κ2) is 9.22. The average molecular weight is 419 g/mol. The minimum atomic E-state index is -0.341. The van der Waals surface area contributed by atoms with E-state index in [1.165, 1.54) is 5.56 Å². The van der Waals surface area contributed by atoms with Crippen LogP contribution in [0.1, 0.15) is 66.6 Å². The smallest absolute Gasteiger partial charge is 0.319 e. The van der Waals surface area contributed by atoms with Gasteiger partial charge in [0.2, 0.25) is 0 Å². The van der Waals surface area contributed by atoms with Crippen LogP contribution in [-0.4, -0.2) is 35.5 Å². The maximum atomic E-state index is 13.2. The summed E-state index contributed by atoms with van der Waals surface area (Å²) in [4.78, 5) is 27.2. The first-order valence-corrected chi connectivity index (χ1v) is 10.7. The summed E-state index contributed by atoms with van der Waals surface area (Å²) in [5.41, 5.74) is 3.65. The summed E-state index contributed by atoms with van der Waals surface area (Å²) in [7, 11) is 0. The predicted octanol–water partition coefficient (Wildman–Crippen LogP) is 4.81. The van der Waals surface area contributed by atoms with Crippen LogP contribution in [0.3, 0.4) is 0 Å². The minimum absolute atomic E-state index is 0.00402. The van der Waals surface area contributed by atoms with Crippen LogP contribution < -0.4 is 10.6 Å². The van der Waals surface area contributed by atoms with E-state index >= 15 is 0 Å². The molecule has 1 fully saturated rings. The molecule has 1 saturated heterocycles. The van der Waals surface area contributed by atoms with Gasteiger partial charge in [0.25, 0.3) is 5.91 Å². The fourth-order valence-corrected chi connectivity index (χ4v) is 3.85. The molecule has 0 spiro atoms. The van der Waals surface area contributed by atoms with Crippen molar-refractivity contribution >= 4 is 17.6 Å². The van der Waals surface area contributed by atoms with Gasteiger partial charge in [0.1, 0.15) is 0 Å². The summed E-state index contributed by atoms with van der Waals surface area (Å²) in [6, 6.07) is 15.0. The van der Waals surface area contributed by atoms with Gasteiger partial charge in [0.05, 0.1) is 11.6 Å². The summed E-state index contributed by atoms with van der Waals surface area (Å²) in [5.74, 6) is 0.391. The molecule has 0 bridgehead atoms. The van der Waals surface area contributed by atoms with Crippen molar-refractivity contribution in [3.63, 3.8) is 0 Å². The van der Waals surface area contributed by atoms with Crippen molar-refractivity contribution in [2.24, 2.45) is 0 Å². The van der Waals surface area contributed by atoms with E-state index in [9.17, 15) is 9.59 Å². The number of nitrogens with one attached hydrogen (secondary N) is 2. The molecule has 162 valence electrons. The molecule has 2 aromatic carbocycles. The second-order valence-corrected chi connectivity index (χ2v) is 9.16. The highest BCUT2D eigenvalue weighted by Gasteiger charge is 2.25. The fourth-order valence-electron chi connectivity index (χ4n) is 3.85. The van der Waals surface area contributed by atoms with E-state index in [-0.39, 0.29) is 17.5 Å². The van der Waals surface area contributed by atoms with E-state index in [1.807, 2.05) is 69.0 Å². The highest BCUT2D eigenvalue weighted by molar-refractivity contribution is 5.98. The molecule has 6 heteroatoms. The molecule has 1 aliphatic heterocycles. The normalized spacial score (nSPS) is 14.6. The topological polar surface area (TPSA) is 85.2 Å². The second-order valence-electron chi connectivity index (χ2n) is 9.16. The van der Waals surface area contributed by atoms with Gasteiger partial charge in [-0.3, -0.25) is 4.79 Å². The molecule has 2 aromatic rings. The Labute approximate surface area is 184 Å². The molecular weight excluding hydrogens is 388 g/mol. The molecule has 2 N–H and O–H groups in total. The zero-order valence-corrected chi connectivity index (χ0v) is 18.7. The maximum Gasteiger partial charge on any atom is 0.319 e. The van der Waals surface area contributed by atoms with Crippen molar-refractivity contribution in [2.45, 2.75) is 52.0 Å². The highest BCUT2D eigenvalue weighted by atomic mass is 16.2. The van der Waals surface area contributed by atoms with Crippen LogP contribution in [0.2, 0.25) is 0 Å². The van der Waals surface area contributed by atoms with Crippen molar-refractivity contribution in [1.29, 1.82) is 5.26 Å². The quantitative estimate of drug-likeness (QED) is 0.750. The summed E-state index contributed by atoms with van der Waals surface area (Å²) in [6.45, 7) is 9.03. The molecule has 6 nitrogen and oxygen atoms in total. The van der Waals surface area contributed by atoms with Crippen LogP contribution in [0.25, 0.3) is 0 Å².